The van der Waals surface area contributed by atoms with Crippen LogP contribution in [0.15, 0.2) is 18.2 Å². The number of hydrogen-bond donors (Lipinski definition) is 0. The predicted octanol–water partition coefficient (Wildman–Crippen LogP) is 2.06. The summed E-state index contributed by atoms with van der Waals surface area (Å²) in [6.45, 7) is 4.11. The van der Waals surface area contributed by atoms with Gasteiger partial charge in [-0.1, -0.05) is 17.7 Å². The number of amides is 1. The Hall–Kier alpha value is -1.02. The van der Waals surface area contributed by atoms with Gasteiger partial charge in [-0.3, -0.25) is 4.79 Å². The molecule has 1 amide bonds. The van der Waals surface area contributed by atoms with E-state index in [9.17, 15) is 4.79 Å². The van der Waals surface area contributed by atoms with Crippen LogP contribution in [0.1, 0.15) is 5.56 Å². The molecule has 0 atom stereocenters. The van der Waals surface area contributed by atoms with Crippen LogP contribution in [0, 0.1) is 6.92 Å². The number of carbonyl (C=O) groups excluding carboxylic acids is 1. The zero-order valence-corrected chi connectivity index (χ0v) is 7.84. The molecule has 2 nitrogen and oxygen atoms in total. The molecule has 3 heteroatoms. The van der Waals surface area contributed by atoms with Gasteiger partial charge < -0.3 is 4.90 Å². The minimum atomic E-state index is -0.166. The number of halogens is 1. The lowest BCUT2D eigenvalue weighted by Gasteiger charge is -2.14. The van der Waals surface area contributed by atoms with Crippen LogP contribution in [-0.4, -0.2) is 12.5 Å². The van der Waals surface area contributed by atoms with E-state index in [0.717, 1.165) is 18.7 Å². The standard InChI is InChI=1S/C10H9ClNO/c1-7(13)12-5-4-8-2-3-9(11)6-10(8)12/h2-3,6H,1,4-5H2. The molecule has 0 saturated heterocycles. The van der Waals surface area contributed by atoms with Crippen molar-refractivity contribution in [3.8, 4) is 0 Å². The molecule has 1 aromatic carbocycles. The molecule has 1 heterocycles. The van der Waals surface area contributed by atoms with Crippen molar-refractivity contribution in [2.24, 2.45) is 0 Å². The summed E-state index contributed by atoms with van der Waals surface area (Å²) >= 11 is 5.83. The molecule has 1 aliphatic heterocycles. The SMILES string of the molecule is [CH2]C(=O)N1CCc2ccc(Cl)cc21. The molecule has 1 aromatic rings. The van der Waals surface area contributed by atoms with Crippen LogP contribution in [0.4, 0.5) is 5.69 Å². The number of rotatable bonds is 0. The summed E-state index contributed by atoms with van der Waals surface area (Å²) in [6, 6.07) is 5.62. The Morgan fingerprint density at radius 3 is 3.00 bits per heavy atom. The van der Waals surface area contributed by atoms with Gasteiger partial charge in [0, 0.05) is 24.2 Å². The molecule has 2 rings (SSSR count). The normalized spacial score (nSPS) is 14.5. The molecule has 0 spiro atoms. The Balaban J connectivity index is 2.46. The smallest absolute Gasteiger partial charge is 0.227 e. The minimum absolute atomic E-state index is 0.166. The summed E-state index contributed by atoms with van der Waals surface area (Å²) in [4.78, 5) is 12.7. The van der Waals surface area contributed by atoms with Gasteiger partial charge in [0.2, 0.25) is 5.91 Å². The largest absolute Gasteiger partial charge is 0.312 e. The van der Waals surface area contributed by atoms with Gasteiger partial charge in [-0.15, -0.1) is 0 Å². The lowest BCUT2D eigenvalue weighted by atomic mass is 10.2. The van der Waals surface area contributed by atoms with Gasteiger partial charge >= 0.3 is 0 Å². The third-order valence-electron chi connectivity index (χ3n) is 2.24. The first-order valence-corrected chi connectivity index (χ1v) is 4.48. The van der Waals surface area contributed by atoms with Gasteiger partial charge in [0.1, 0.15) is 0 Å². The number of anilines is 1. The molecule has 1 aliphatic rings. The zero-order chi connectivity index (χ0) is 9.42. The van der Waals surface area contributed by atoms with Crippen molar-refractivity contribution in [2.45, 2.75) is 6.42 Å². The van der Waals surface area contributed by atoms with Crippen LogP contribution in [0.25, 0.3) is 0 Å². The molecule has 0 N–H and O–H groups in total. The summed E-state index contributed by atoms with van der Waals surface area (Å²) in [5.74, 6) is -0.166. The topological polar surface area (TPSA) is 20.3 Å². The summed E-state index contributed by atoms with van der Waals surface area (Å²) in [5.41, 5.74) is 2.08. The molecular formula is C10H9ClNO. The van der Waals surface area contributed by atoms with E-state index >= 15 is 0 Å². The van der Waals surface area contributed by atoms with E-state index in [-0.39, 0.29) is 5.91 Å². The van der Waals surface area contributed by atoms with Gasteiger partial charge in [-0.2, -0.15) is 0 Å². The third-order valence-corrected chi connectivity index (χ3v) is 2.48. The maximum absolute atomic E-state index is 11.1. The van der Waals surface area contributed by atoms with E-state index in [1.807, 2.05) is 18.2 Å². The van der Waals surface area contributed by atoms with Crippen LogP contribution in [0.5, 0.6) is 0 Å². The molecule has 0 saturated carbocycles. The Morgan fingerprint density at radius 2 is 2.31 bits per heavy atom. The number of nitrogens with zero attached hydrogens (tertiary/aromatic N) is 1. The summed E-state index contributed by atoms with van der Waals surface area (Å²) in [5, 5.41) is 0.659. The van der Waals surface area contributed by atoms with Gasteiger partial charge in [-0.05, 0) is 24.1 Å². The maximum Gasteiger partial charge on any atom is 0.227 e. The molecule has 0 unspecified atom stereocenters. The quantitative estimate of drug-likeness (QED) is 0.619. The van der Waals surface area contributed by atoms with E-state index in [0.29, 0.717) is 5.02 Å². The second-order valence-electron chi connectivity index (χ2n) is 3.07. The van der Waals surface area contributed by atoms with Crippen LogP contribution in [0.2, 0.25) is 5.02 Å². The lowest BCUT2D eigenvalue weighted by Crippen LogP contribution is -2.25. The molecule has 1 radical (unpaired) electrons. The fourth-order valence-corrected chi connectivity index (χ4v) is 1.78. The monoisotopic (exact) mass is 194 g/mol. The summed E-state index contributed by atoms with van der Waals surface area (Å²) in [6.07, 6.45) is 0.897. The van der Waals surface area contributed by atoms with Gasteiger partial charge in [0.15, 0.2) is 0 Å². The minimum Gasteiger partial charge on any atom is -0.312 e. The van der Waals surface area contributed by atoms with Gasteiger partial charge in [0.05, 0.1) is 0 Å². The highest BCUT2D eigenvalue weighted by molar-refractivity contribution is 6.31. The van der Waals surface area contributed by atoms with E-state index in [1.54, 1.807) is 4.90 Å². The Labute approximate surface area is 82.1 Å². The average Bonchev–Trinajstić information content (AvgIpc) is 2.46. The van der Waals surface area contributed by atoms with Gasteiger partial charge in [-0.25, -0.2) is 0 Å². The predicted molar refractivity (Wildman–Crippen MR) is 52.9 cm³/mol. The van der Waals surface area contributed by atoms with Crippen molar-refractivity contribution >= 4 is 23.2 Å². The van der Waals surface area contributed by atoms with Crippen molar-refractivity contribution in [3.63, 3.8) is 0 Å². The average molecular weight is 195 g/mol. The first-order valence-electron chi connectivity index (χ1n) is 4.10. The maximum atomic E-state index is 11.1. The summed E-state index contributed by atoms with van der Waals surface area (Å²) in [7, 11) is 0. The van der Waals surface area contributed by atoms with Crippen LogP contribution >= 0.6 is 11.6 Å². The molecular weight excluding hydrogens is 186 g/mol. The number of fused-ring (bicyclic) bond motifs is 1. The van der Waals surface area contributed by atoms with Crippen LogP contribution in [0.3, 0.4) is 0 Å². The first kappa shape index (κ1) is 8.57. The highest BCUT2D eigenvalue weighted by Gasteiger charge is 2.21. The Bertz CT molecular complexity index is 362. The molecule has 0 fully saturated rings. The molecule has 67 valence electrons. The lowest BCUT2D eigenvalue weighted by molar-refractivity contribution is -0.114. The molecule has 0 aliphatic carbocycles. The fourth-order valence-electron chi connectivity index (χ4n) is 1.61. The number of hydrogen-bond acceptors (Lipinski definition) is 1. The zero-order valence-electron chi connectivity index (χ0n) is 7.09. The van der Waals surface area contributed by atoms with E-state index in [2.05, 4.69) is 6.92 Å². The van der Waals surface area contributed by atoms with Crippen molar-refractivity contribution in [2.75, 3.05) is 11.4 Å². The van der Waals surface area contributed by atoms with Crippen molar-refractivity contribution < 1.29 is 4.79 Å². The van der Waals surface area contributed by atoms with Crippen molar-refractivity contribution in [1.29, 1.82) is 0 Å². The number of benzene rings is 1. The van der Waals surface area contributed by atoms with E-state index in [4.69, 9.17) is 11.6 Å². The third kappa shape index (κ3) is 1.42. The van der Waals surface area contributed by atoms with Crippen molar-refractivity contribution in [1.82, 2.24) is 0 Å². The van der Waals surface area contributed by atoms with Crippen LogP contribution < -0.4 is 4.90 Å². The first-order chi connectivity index (χ1) is 6.18. The van der Waals surface area contributed by atoms with Gasteiger partial charge in [0.25, 0.3) is 0 Å². The fraction of sp³-hybridized carbons (Fsp3) is 0.200. The van der Waals surface area contributed by atoms with E-state index < -0.39 is 0 Å². The second-order valence-corrected chi connectivity index (χ2v) is 3.50. The summed E-state index contributed by atoms with van der Waals surface area (Å²) < 4.78 is 0. The molecule has 13 heavy (non-hydrogen) atoms. The Kier molecular flexibility index (Phi) is 2.00. The van der Waals surface area contributed by atoms with Crippen LogP contribution in [-0.2, 0) is 11.2 Å². The van der Waals surface area contributed by atoms with E-state index in [1.165, 1.54) is 5.56 Å². The highest BCUT2D eigenvalue weighted by Crippen LogP contribution is 2.30. The molecule has 0 aromatic heterocycles. The molecule has 0 bridgehead atoms. The second kappa shape index (κ2) is 3.04. The van der Waals surface area contributed by atoms with Crippen molar-refractivity contribution in [3.05, 3.63) is 35.7 Å². The Morgan fingerprint density at radius 1 is 1.54 bits per heavy atom. The number of carbonyl (C=O) groups is 1. The highest BCUT2D eigenvalue weighted by atomic mass is 35.5.